The molecule has 0 aliphatic rings. The van der Waals surface area contributed by atoms with Gasteiger partial charge in [-0.2, -0.15) is 0 Å². The van der Waals surface area contributed by atoms with E-state index < -0.39 is 32.5 Å². The molecule has 3 N–H and O–H groups in total. The van der Waals surface area contributed by atoms with Crippen LogP contribution in [0.1, 0.15) is 181 Å². The Hall–Kier alpha value is -3.07. The third-order valence-corrected chi connectivity index (χ3v) is 10.5. The first kappa shape index (κ1) is 57.9. The van der Waals surface area contributed by atoms with Crippen molar-refractivity contribution in [1.29, 1.82) is 0 Å². The van der Waals surface area contributed by atoms with Gasteiger partial charge in [0.05, 0.1) is 13.2 Å². The quantitative estimate of drug-likeness (QED) is 0.0266. The summed E-state index contributed by atoms with van der Waals surface area (Å²) < 4.78 is 32.8. The summed E-state index contributed by atoms with van der Waals surface area (Å²) in [5, 5.41) is 0. The van der Waals surface area contributed by atoms with E-state index in [1.165, 1.54) is 64.2 Å². The van der Waals surface area contributed by atoms with Crippen molar-refractivity contribution in [3.8, 4) is 0 Å². The maximum atomic E-state index is 12.6. The average molecular weight is 872 g/mol. The second-order valence-electron chi connectivity index (χ2n) is 15.2. The lowest BCUT2D eigenvalue weighted by atomic mass is 10.0. The van der Waals surface area contributed by atoms with E-state index in [4.69, 9.17) is 24.3 Å². The van der Waals surface area contributed by atoms with Crippen molar-refractivity contribution in [3.05, 3.63) is 97.2 Å². The molecule has 0 aliphatic carbocycles. The number of unbranched alkanes of at least 4 members (excludes halogenated alkanes) is 14. The Labute approximate surface area is 372 Å². The molecule has 0 saturated carbocycles. The SMILES string of the molecule is CC/C=C\C/C=C\C/C=C\C/C=C\C/C=C\C/C=C\C/C=C\C/C=C\CCCCC(=O)OC(COC(=O)CCCCCCCCCCCCCCC)COP(=O)(O)OCCN. The molecule has 0 aromatic heterocycles. The van der Waals surface area contributed by atoms with Crippen molar-refractivity contribution in [2.45, 2.75) is 187 Å². The smallest absolute Gasteiger partial charge is 0.462 e. The number of phosphoric ester groups is 1. The number of carbonyl (C=O) groups is 2. The number of ether oxygens (including phenoxy) is 2. The van der Waals surface area contributed by atoms with Crippen molar-refractivity contribution in [3.63, 3.8) is 0 Å². The lowest BCUT2D eigenvalue weighted by Gasteiger charge is -2.19. The van der Waals surface area contributed by atoms with Crippen LogP contribution in [0.15, 0.2) is 97.2 Å². The summed E-state index contributed by atoms with van der Waals surface area (Å²) in [7, 11) is -4.40. The van der Waals surface area contributed by atoms with Crippen LogP contribution in [-0.2, 0) is 32.7 Å². The predicted octanol–water partition coefficient (Wildman–Crippen LogP) is 14.2. The zero-order valence-corrected chi connectivity index (χ0v) is 39.3. The van der Waals surface area contributed by atoms with Gasteiger partial charge in [0.1, 0.15) is 6.61 Å². The van der Waals surface area contributed by atoms with E-state index in [1.54, 1.807) is 0 Å². The lowest BCUT2D eigenvalue weighted by Crippen LogP contribution is -2.29. The molecular weight excluding hydrogens is 786 g/mol. The molecule has 0 aliphatic heterocycles. The number of hydrogen-bond donors (Lipinski definition) is 2. The summed E-state index contributed by atoms with van der Waals surface area (Å²) >= 11 is 0. The van der Waals surface area contributed by atoms with E-state index in [0.717, 1.165) is 83.5 Å². The van der Waals surface area contributed by atoms with Crippen LogP contribution in [0.4, 0.5) is 0 Å². The van der Waals surface area contributed by atoms with Gasteiger partial charge >= 0.3 is 19.8 Å². The van der Waals surface area contributed by atoms with Gasteiger partial charge in [-0.15, -0.1) is 0 Å². The molecule has 0 saturated heterocycles. The Morgan fingerprint density at radius 1 is 0.508 bits per heavy atom. The van der Waals surface area contributed by atoms with Crippen LogP contribution in [0.3, 0.4) is 0 Å². The van der Waals surface area contributed by atoms with Crippen LogP contribution in [0.2, 0.25) is 0 Å². The zero-order chi connectivity index (χ0) is 44.6. The molecule has 2 unspecified atom stereocenters. The summed E-state index contributed by atoms with van der Waals surface area (Å²) in [5.41, 5.74) is 5.35. The summed E-state index contributed by atoms with van der Waals surface area (Å²) in [6.45, 7) is 3.55. The van der Waals surface area contributed by atoms with Crippen molar-refractivity contribution in [2.75, 3.05) is 26.4 Å². The normalized spacial score (nSPS) is 14.1. The van der Waals surface area contributed by atoms with Crippen LogP contribution >= 0.6 is 7.82 Å². The maximum Gasteiger partial charge on any atom is 0.472 e. The van der Waals surface area contributed by atoms with Gasteiger partial charge in [-0.25, -0.2) is 4.57 Å². The predicted molar refractivity (Wildman–Crippen MR) is 256 cm³/mol. The molecule has 0 heterocycles. The Morgan fingerprint density at radius 3 is 1.34 bits per heavy atom. The lowest BCUT2D eigenvalue weighted by molar-refractivity contribution is -0.161. The number of allylic oxidation sites excluding steroid dienone is 16. The number of esters is 2. The van der Waals surface area contributed by atoms with Crippen LogP contribution in [0, 0.1) is 0 Å². The highest BCUT2D eigenvalue weighted by atomic mass is 31.2. The fourth-order valence-corrected chi connectivity index (χ4v) is 6.77. The molecule has 0 rings (SSSR count). The van der Waals surface area contributed by atoms with E-state index >= 15 is 0 Å². The first-order chi connectivity index (χ1) is 29.8. The van der Waals surface area contributed by atoms with E-state index in [0.29, 0.717) is 6.42 Å². The van der Waals surface area contributed by atoms with E-state index in [-0.39, 0.29) is 32.6 Å². The van der Waals surface area contributed by atoms with Gasteiger partial charge in [0.25, 0.3) is 0 Å². The second kappa shape index (κ2) is 46.4. The highest BCUT2D eigenvalue weighted by molar-refractivity contribution is 7.47. The fourth-order valence-electron chi connectivity index (χ4n) is 6.00. The summed E-state index contributed by atoms with van der Waals surface area (Å²) in [6, 6.07) is 0. The standard InChI is InChI=1S/C51H86NO8P/c1-3-5-7-9-11-13-15-17-18-19-20-21-22-23-24-25-26-27-28-29-30-32-34-36-38-40-42-44-51(54)60-49(48-59-61(55,56)58-46-45-52)47-57-50(53)43-41-39-37-35-33-31-16-14-12-10-8-6-4-2/h5,7,11,13,17-18,20-21,23-24,26-27,29-30,34,36,49H,3-4,6,8-10,12,14-16,19,22,25,28,31-33,35,37-48,52H2,1-2H3,(H,55,56)/b7-5-,13-11-,18-17-,21-20-,24-23-,27-26-,30-29-,36-34-. The average Bonchev–Trinajstić information content (AvgIpc) is 3.25. The Balaban J connectivity index is 4.21. The van der Waals surface area contributed by atoms with Gasteiger partial charge < -0.3 is 20.1 Å². The van der Waals surface area contributed by atoms with Gasteiger partial charge in [0.15, 0.2) is 6.10 Å². The molecule has 61 heavy (non-hydrogen) atoms. The van der Waals surface area contributed by atoms with E-state index in [1.807, 2.05) is 0 Å². The van der Waals surface area contributed by atoms with Gasteiger partial charge in [0, 0.05) is 19.4 Å². The molecule has 0 fully saturated rings. The Morgan fingerprint density at radius 2 is 0.902 bits per heavy atom. The highest BCUT2D eigenvalue weighted by Crippen LogP contribution is 2.43. The fraction of sp³-hybridized carbons (Fsp3) is 0.647. The van der Waals surface area contributed by atoms with Crippen LogP contribution in [-0.4, -0.2) is 49.3 Å². The number of hydrogen-bond acceptors (Lipinski definition) is 8. The van der Waals surface area contributed by atoms with Crippen LogP contribution < -0.4 is 5.73 Å². The molecule has 2 atom stereocenters. The maximum absolute atomic E-state index is 12.6. The topological polar surface area (TPSA) is 134 Å². The number of carbonyl (C=O) groups excluding carboxylic acids is 2. The monoisotopic (exact) mass is 872 g/mol. The number of phosphoric acid groups is 1. The van der Waals surface area contributed by atoms with E-state index in [2.05, 4.69) is 111 Å². The minimum atomic E-state index is -4.40. The first-order valence-electron chi connectivity index (χ1n) is 23.7. The Bertz CT molecular complexity index is 1320. The zero-order valence-electron chi connectivity index (χ0n) is 38.4. The molecule has 0 spiro atoms. The molecule has 0 aromatic carbocycles. The largest absolute Gasteiger partial charge is 0.472 e. The van der Waals surface area contributed by atoms with Crippen molar-refractivity contribution < 1.29 is 37.6 Å². The van der Waals surface area contributed by atoms with Crippen molar-refractivity contribution in [1.82, 2.24) is 0 Å². The van der Waals surface area contributed by atoms with Crippen LogP contribution in [0.25, 0.3) is 0 Å². The van der Waals surface area contributed by atoms with Gasteiger partial charge in [-0.05, 0) is 77.0 Å². The summed E-state index contributed by atoms with van der Waals surface area (Å²) in [5.74, 6) is -0.885. The molecule has 9 nitrogen and oxygen atoms in total. The number of rotatable bonds is 43. The van der Waals surface area contributed by atoms with Gasteiger partial charge in [-0.1, -0.05) is 188 Å². The summed E-state index contributed by atoms with van der Waals surface area (Å²) in [6.07, 6.45) is 60.2. The van der Waals surface area contributed by atoms with Crippen molar-refractivity contribution >= 4 is 19.8 Å². The van der Waals surface area contributed by atoms with Gasteiger partial charge in [0.2, 0.25) is 0 Å². The second-order valence-corrected chi connectivity index (χ2v) is 16.7. The molecule has 0 radical (unpaired) electrons. The van der Waals surface area contributed by atoms with E-state index in [9.17, 15) is 19.0 Å². The minimum Gasteiger partial charge on any atom is -0.462 e. The van der Waals surface area contributed by atoms with Gasteiger partial charge in [-0.3, -0.25) is 18.6 Å². The molecule has 0 bridgehead atoms. The van der Waals surface area contributed by atoms with Crippen molar-refractivity contribution in [2.24, 2.45) is 5.73 Å². The molecule has 0 amide bonds. The third kappa shape index (κ3) is 46.3. The minimum absolute atomic E-state index is 0.0418. The summed E-state index contributed by atoms with van der Waals surface area (Å²) in [4.78, 5) is 34.9. The Kier molecular flexibility index (Phi) is 44.1. The highest BCUT2D eigenvalue weighted by Gasteiger charge is 2.26. The van der Waals surface area contributed by atoms with Crippen LogP contribution in [0.5, 0.6) is 0 Å². The molecule has 348 valence electrons. The molecule has 0 aromatic rings. The third-order valence-electron chi connectivity index (χ3n) is 9.48. The molecule has 10 heteroatoms. The molecular formula is C51H86NO8P. The number of nitrogens with two attached hydrogens (primary N) is 1. The first-order valence-corrected chi connectivity index (χ1v) is 25.2.